The highest BCUT2D eigenvalue weighted by Gasteiger charge is 2.14. The fourth-order valence-electron chi connectivity index (χ4n) is 2.55. The van der Waals surface area contributed by atoms with Crippen molar-refractivity contribution in [2.75, 3.05) is 43.7 Å². The van der Waals surface area contributed by atoms with E-state index in [9.17, 15) is 0 Å². The predicted octanol–water partition coefficient (Wildman–Crippen LogP) is 2.47. The van der Waals surface area contributed by atoms with Gasteiger partial charge < -0.3 is 14.4 Å². The molecule has 2 heterocycles. The van der Waals surface area contributed by atoms with E-state index >= 15 is 0 Å². The normalized spacial score (nSPS) is 15.2. The number of morpholine rings is 1. The number of hydrazone groups is 1. The lowest BCUT2D eigenvalue weighted by Crippen LogP contribution is -2.37. The molecule has 0 radical (unpaired) electrons. The zero-order valence-corrected chi connectivity index (χ0v) is 14.8. The number of methoxy groups -OCH3 is 1. The SMILES string of the molecule is COc1ccc(/C(C)=N/Nc2cc(C)nc(N3CCOCC3)n2)cc1. The summed E-state index contributed by atoms with van der Waals surface area (Å²) in [5.41, 5.74) is 5.83. The molecule has 1 aliphatic heterocycles. The van der Waals surface area contributed by atoms with Crippen LogP contribution in [0.1, 0.15) is 18.2 Å². The first-order chi connectivity index (χ1) is 12.2. The minimum absolute atomic E-state index is 0.682. The number of nitrogens with one attached hydrogen (secondary N) is 1. The van der Waals surface area contributed by atoms with E-state index in [4.69, 9.17) is 9.47 Å². The van der Waals surface area contributed by atoms with Crippen molar-refractivity contribution in [3.63, 3.8) is 0 Å². The zero-order chi connectivity index (χ0) is 17.6. The molecule has 3 rings (SSSR count). The van der Waals surface area contributed by atoms with E-state index < -0.39 is 0 Å². The van der Waals surface area contributed by atoms with Gasteiger partial charge >= 0.3 is 0 Å². The highest BCUT2D eigenvalue weighted by molar-refractivity contribution is 5.99. The third kappa shape index (κ3) is 4.45. The lowest BCUT2D eigenvalue weighted by Gasteiger charge is -2.27. The summed E-state index contributed by atoms with van der Waals surface area (Å²) in [6.45, 7) is 6.92. The van der Waals surface area contributed by atoms with Crippen molar-refractivity contribution in [1.29, 1.82) is 0 Å². The van der Waals surface area contributed by atoms with Gasteiger partial charge in [-0.1, -0.05) is 0 Å². The van der Waals surface area contributed by atoms with Crippen LogP contribution in [0.25, 0.3) is 0 Å². The molecule has 0 spiro atoms. The van der Waals surface area contributed by atoms with Gasteiger partial charge in [0.2, 0.25) is 5.95 Å². The number of rotatable bonds is 5. The average molecular weight is 341 g/mol. The number of aromatic nitrogens is 2. The topological polar surface area (TPSA) is 71.9 Å². The summed E-state index contributed by atoms with van der Waals surface area (Å²) in [6.07, 6.45) is 0. The van der Waals surface area contributed by atoms with Crippen LogP contribution >= 0.6 is 0 Å². The number of benzene rings is 1. The maximum Gasteiger partial charge on any atom is 0.227 e. The summed E-state index contributed by atoms with van der Waals surface area (Å²) in [7, 11) is 1.65. The quantitative estimate of drug-likeness (QED) is 0.665. The van der Waals surface area contributed by atoms with Crippen LogP contribution in [0.15, 0.2) is 35.4 Å². The van der Waals surface area contributed by atoms with Crippen molar-refractivity contribution >= 4 is 17.5 Å². The van der Waals surface area contributed by atoms with Gasteiger partial charge in [-0.2, -0.15) is 10.1 Å². The van der Waals surface area contributed by atoms with E-state index in [1.54, 1.807) is 7.11 Å². The summed E-state index contributed by atoms with van der Waals surface area (Å²) >= 11 is 0. The second-order valence-electron chi connectivity index (χ2n) is 5.83. The standard InChI is InChI=1S/C18H23N5O2/c1-13-12-17(20-18(19-13)23-8-10-25-11-9-23)22-21-14(2)15-4-6-16(24-3)7-5-15/h4-7,12H,8-11H2,1-3H3,(H,19,20,22)/b21-14+. The van der Waals surface area contributed by atoms with Gasteiger partial charge in [-0.3, -0.25) is 5.43 Å². The van der Waals surface area contributed by atoms with E-state index in [2.05, 4.69) is 25.4 Å². The Kier molecular flexibility index (Phi) is 5.45. The van der Waals surface area contributed by atoms with Gasteiger partial charge in [0.05, 0.1) is 26.0 Å². The number of hydrogen-bond donors (Lipinski definition) is 1. The van der Waals surface area contributed by atoms with E-state index in [0.717, 1.165) is 35.8 Å². The second kappa shape index (κ2) is 7.94. The second-order valence-corrected chi connectivity index (χ2v) is 5.83. The maximum atomic E-state index is 5.38. The molecule has 0 aliphatic carbocycles. The van der Waals surface area contributed by atoms with E-state index in [-0.39, 0.29) is 0 Å². The Bertz CT molecular complexity index is 740. The number of ether oxygens (including phenoxy) is 2. The number of hydrogen-bond acceptors (Lipinski definition) is 7. The Labute approximate surface area is 147 Å². The first-order valence-corrected chi connectivity index (χ1v) is 8.29. The molecule has 0 atom stereocenters. The molecule has 2 aromatic rings. The van der Waals surface area contributed by atoms with Gasteiger partial charge in [0.15, 0.2) is 5.82 Å². The van der Waals surface area contributed by atoms with Crippen molar-refractivity contribution in [1.82, 2.24) is 9.97 Å². The molecule has 1 saturated heterocycles. The van der Waals surface area contributed by atoms with E-state index in [1.807, 2.05) is 44.2 Å². The van der Waals surface area contributed by atoms with Crippen LogP contribution in [0, 0.1) is 6.92 Å². The summed E-state index contributed by atoms with van der Waals surface area (Å²) in [5.74, 6) is 2.22. The van der Waals surface area contributed by atoms with Gasteiger partial charge in [-0.05, 0) is 43.7 Å². The summed E-state index contributed by atoms with van der Waals surface area (Å²) < 4.78 is 10.6. The van der Waals surface area contributed by atoms with Crippen LogP contribution in [0.5, 0.6) is 5.75 Å². The first-order valence-electron chi connectivity index (χ1n) is 8.29. The van der Waals surface area contributed by atoms with Gasteiger partial charge in [0, 0.05) is 24.8 Å². The summed E-state index contributed by atoms with van der Waals surface area (Å²) in [6, 6.07) is 9.67. The Hall–Kier alpha value is -2.67. The molecule has 25 heavy (non-hydrogen) atoms. The molecule has 0 saturated carbocycles. The highest BCUT2D eigenvalue weighted by Crippen LogP contribution is 2.16. The average Bonchev–Trinajstić information content (AvgIpc) is 2.66. The van der Waals surface area contributed by atoms with Crippen LogP contribution in [-0.2, 0) is 4.74 Å². The van der Waals surface area contributed by atoms with Gasteiger partial charge in [-0.25, -0.2) is 4.98 Å². The van der Waals surface area contributed by atoms with Crippen molar-refractivity contribution in [3.8, 4) is 5.75 Å². The van der Waals surface area contributed by atoms with Crippen LogP contribution in [0.2, 0.25) is 0 Å². The fourth-order valence-corrected chi connectivity index (χ4v) is 2.55. The minimum Gasteiger partial charge on any atom is -0.497 e. The summed E-state index contributed by atoms with van der Waals surface area (Å²) in [5, 5.41) is 4.44. The Morgan fingerprint density at radius 3 is 2.60 bits per heavy atom. The Morgan fingerprint density at radius 2 is 1.92 bits per heavy atom. The summed E-state index contributed by atoms with van der Waals surface area (Å²) in [4.78, 5) is 11.2. The molecule has 1 fully saturated rings. The van der Waals surface area contributed by atoms with Gasteiger partial charge in [0.1, 0.15) is 5.75 Å². The van der Waals surface area contributed by atoms with Gasteiger partial charge in [0.25, 0.3) is 0 Å². The van der Waals surface area contributed by atoms with Crippen molar-refractivity contribution in [2.45, 2.75) is 13.8 Å². The van der Waals surface area contributed by atoms with Crippen molar-refractivity contribution in [2.24, 2.45) is 5.10 Å². The molecule has 0 unspecified atom stereocenters. The third-order valence-electron chi connectivity index (χ3n) is 3.98. The molecule has 1 N–H and O–H groups in total. The highest BCUT2D eigenvalue weighted by atomic mass is 16.5. The Balaban J connectivity index is 1.73. The monoisotopic (exact) mass is 341 g/mol. The van der Waals surface area contributed by atoms with Gasteiger partial charge in [-0.15, -0.1) is 0 Å². The molecule has 132 valence electrons. The number of aryl methyl sites for hydroxylation is 1. The van der Waals surface area contributed by atoms with Crippen molar-refractivity contribution in [3.05, 3.63) is 41.6 Å². The third-order valence-corrected chi connectivity index (χ3v) is 3.98. The maximum absolute atomic E-state index is 5.38. The molecule has 7 nitrogen and oxygen atoms in total. The smallest absolute Gasteiger partial charge is 0.227 e. The number of nitrogens with zero attached hydrogens (tertiary/aromatic N) is 4. The molecular weight excluding hydrogens is 318 g/mol. The Morgan fingerprint density at radius 1 is 1.20 bits per heavy atom. The lowest BCUT2D eigenvalue weighted by atomic mass is 10.1. The van der Waals surface area contributed by atoms with Crippen LogP contribution in [-0.4, -0.2) is 49.1 Å². The van der Waals surface area contributed by atoms with Crippen LogP contribution < -0.4 is 15.1 Å². The van der Waals surface area contributed by atoms with Crippen LogP contribution in [0.4, 0.5) is 11.8 Å². The predicted molar refractivity (Wildman–Crippen MR) is 98.6 cm³/mol. The lowest BCUT2D eigenvalue weighted by molar-refractivity contribution is 0.122. The number of anilines is 2. The molecular formula is C18H23N5O2. The van der Waals surface area contributed by atoms with E-state index in [0.29, 0.717) is 25.0 Å². The fraction of sp³-hybridized carbons (Fsp3) is 0.389. The minimum atomic E-state index is 0.682. The molecule has 1 aliphatic rings. The molecule has 1 aromatic heterocycles. The molecule has 0 amide bonds. The molecule has 1 aromatic carbocycles. The van der Waals surface area contributed by atoms with Crippen molar-refractivity contribution < 1.29 is 9.47 Å². The first kappa shape index (κ1) is 17.2. The zero-order valence-electron chi connectivity index (χ0n) is 14.8. The van der Waals surface area contributed by atoms with Crippen LogP contribution in [0.3, 0.4) is 0 Å². The largest absolute Gasteiger partial charge is 0.497 e. The molecule has 7 heteroatoms. The molecule has 0 bridgehead atoms. The van der Waals surface area contributed by atoms with E-state index in [1.165, 1.54) is 0 Å².